The number of carbonyl (C=O) groups is 2. The van der Waals surface area contributed by atoms with Crippen LogP contribution in [-0.2, 0) is 6.42 Å². The molecule has 2 aromatic carbocycles. The van der Waals surface area contributed by atoms with E-state index in [1.54, 1.807) is 48.3 Å². The molecule has 0 radical (unpaired) electrons. The zero-order valence-corrected chi connectivity index (χ0v) is 20.1. The molecule has 1 heterocycles. The van der Waals surface area contributed by atoms with Gasteiger partial charge in [-0.3, -0.25) is 9.59 Å². The average molecular weight is 481 g/mol. The molecule has 2 amide bonds. The number of hydrogen-bond donors (Lipinski definition) is 1. The van der Waals surface area contributed by atoms with Crippen LogP contribution >= 0.6 is 11.6 Å². The van der Waals surface area contributed by atoms with Crippen molar-refractivity contribution in [3.05, 3.63) is 70.5 Å². The third-order valence-corrected chi connectivity index (χ3v) is 6.41. The molecule has 1 aliphatic carbocycles. The minimum Gasteiger partial charge on any atom is -0.349 e. The van der Waals surface area contributed by atoms with Gasteiger partial charge in [-0.15, -0.1) is 0 Å². The Hall–Kier alpha value is -3.19. The molecule has 4 rings (SSSR count). The zero-order chi connectivity index (χ0) is 23.9. The van der Waals surface area contributed by atoms with E-state index in [1.165, 1.54) is 25.7 Å². The second kappa shape index (κ2) is 11.3. The molecule has 0 aliphatic heterocycles. The molecule has 1 saturated carbocycles. The second-order valence-corrected chi connectivity index (χ2v) is 9.18. The van der Waals surface area contributed by atoms with Gasteiger partial charge in [0.05, 0.1) is 0 Å². The topological polar surface area (TPSA) is 88.3 Å². The van der Waals surface area contributed by atoms with Gasteiger partial charge in [0.15, 0.2) is 5.82 Å². The van der Waals surface area contributed by atoms with Gasteiger partial charge in [0, 0.05) is 47.8 Å². The third kappa shape index (κ3) is 6.23. The van der Waals surface area contributed by atoms with Crippen molar-refractivity contribution in [2.45, 2.75) is 51.0 Å². The zero-order valence-electron chi connectivity index (χ0n) is 19.3. The minimum atomic E-state index is -0.0990. The maximum atomic E-state index is 12.6. The van der Waals surface area contributed by atoms with Crippen LogP contribution in [0.15, 0.2) is 53.1 Å². The fourth-order valence-corrected chi connectivity index (χ4v) is 4.24. The Morgan fingerprint density at radius 3 is 2.32 bits per heavy atom. The van der Waals surface area contributed by atoms with E-state index >= 15 is 0 Å². The second-order valence-electron chi connectivity index (χ2n) is 8.74. The highest BCUT2D eigenvalue weighted by molar-refractivity contribution is 6.30. The molecule has 1 aromatic heterocycles. The Morgan fingerprint density at radius 2 is 1.65 bits per heavy atom. The summed E-state index contributed by atoms with van der Waals surface area (Å²) < 4.78 is 5.40. The quantitative estimate of drug-likeness (QED) is 0.472. The van der Waals surface area contributed by atoms with Crippen LogP contribution in [0.2, 0.25) is 5.02 Å². The van der Waals surface area contributed by atoms with Gasteiger partial charge in [0.2, 0.25) is 0 Å². The standard InChI is InChI=1S/C26H29ClN4O3/c1-31(26(33)20-12-14-21(27)15-13-20)17-16-23-29-25(34-30-23)19-10-8-18(9-11-19)24(32)28-22-6-4-2-3-5-7-22/h8-15,22H,2-7,16-17H2,1H3,(H,28,32). The van der Waals surface area contributed by atoms with Crippen molar-refractivity contribution >= 4 is 23.4 Å². The highest BCUT2D eigenvalue weighted by Gasteiger charge is 2.17. The molecule has 7 nitrogen and oxygen atoms in total. The molecule has 0 bridgehead atoms. The summed E-state index contributed by atoms with van der Waals surface area (Å²) in [6, 6.07) is 14.2. The number of likely N-dealkylation sites (N-methyl/N-ethyl adjacent to an activating group) is 1. The van der Waals surface area contributed by atoms with E-state index in [4.69, 9.17) is 16.1 Å². The van der Waals surface area contributed by atoms with Crippen LogP contribution in [0, 0.1) is 0 Å². The maximum absolute atomic E-state index is 12.6. The van der Waals surface area contributed by atoms with Crippen LogP contribution in [0.25, 0.3) is 11.5 Å². The van der Waals surface area contributed by atoms with E-state index in [2.05, 4.69) is 15.5 Å². The number of nitrogens with zero attached hydrogens (tertiary/aromatic N) is 3. The van der Waals surface area contributed by atoms with Gasteiger partial charge in [0.1, 0.15) is 0 Å². The highest BCUT2D eigenvalue weighted by atomic mass is 35.5. The van der Waals surface area contributed by atoms with E-state index in [9.17, 15) is 9.59 Å². The molecule has 1 fully saturated rings. The highest BCUT2D eigenvalue weighted by Crippen LogP contribution is 2.20. The Balaban J connectivity index is 1.31. The van der Waals surface area contributed by atoms with Gasteiger partial charge in [-0.1, -0.05) is 42.4 Å². The SMILES string of the molecule is CN(CCc1noc(-c2ccc(C(=O)NC3CCCCCC3)cc2)n1)C(=O)c1ccc(Cl)cc1. The van der Waals surface area contributed by atoms with Gasteiger partial charge in [-0.25, -0.2) is 0 Å². The monoisotopic (exact) mass is 480 g/mol. The largest absolute Gasteiger partial charge is 0.349 e. The Bertz CT molecular complexity index is 1100. The Morgan fingerprint density at radius 1 is 1.00 bits per heavy atom. The number of rotatable bonds is 7. The Kier molecular flexibility index (Phi) is 7.95. The molecule has 0 saturated heterocycles. The molecule has 0 spiro atoms. The molecule has 3 aromatic rings. The number of amides is 2. The number of nitrogens with one attached hydrogen (secondary N) is 1. The van der Waals surface area contributed by atoms with Crippen molar-refractivity contribution in [3.8, 4) is 11.5 Å². The first kappa shape index (κ1) is 24.0. The molecular formula is C26H29ClN4O3. The summed E-state index contributed by atoms with van der Waals surface area (Å²) in [7, 11) is 1.73. The van der Waals surface area contributed by atoms with Crippen LogP contribution < -0.4 is 5.32 Å². The Labute approximate surface area is 204 Å². The predicted molar refractivity (Wildman–Crippen MR) is 131 cm³/mol. The minimum absolute atomic E-state index is 0.0435. The van der Waals surface area contributed by atoms with Crippen molar-refractivity contribution in [2.75, 3.05) is 13.6 Å². The van der Waals surface area contributed by atoms with Crippen LogP contribution in [-0.4, -0.2) is 46.5 Å². The molecule has 0 atom stereocenters. The lowest BCUT2D eigenvalue weighted by molar-refractivity contribution is 0.0795. The summed E-state index contributed by atoms with van der Waals surface area (Å²) >= 11 is 5.89. The van der Waals surface area contributed by atoms with Gasteiger partial charge in [0.25, 0.3) is 17.7 Å². The fraction of sp³-hybridized carbons (Fsp3) is 0.385. The van der Waals surface area contributed by atoms with E-state index < -0.39 is 0 Å². The molecule has 8 heteroatoms. The number of carbonyl (C=O) groups excluding carboxylic acids is 2. The van der Waals surface area contributed by atoms with Crippen LogP contribution in [0.1, 0.15) is 65.1 Å². The van der Waals surface area contributed by atoms with Gasteiger partial charge in [-0.2, -0.15) is 4.98 Å². The molecular weight excluding hydrogens is 452 g/mol. The number of aromatic nitrogens is 2. The van der Waals surface area contributed by atoms with Crippen molar-refractivity contribution in [1.82, 2.24) is 20.4 Å². The van der Waals surface area contributed by atoms with E-state index in [0.717, 1.165) is 18.4 Å². The van der Waals surface area contributed by atoms with Gasteiger partial charge >= 0.3 is 0 Å². The first-order valence-electron chi connectivity index (χ1n) is 11.7. The normalized spacial score (nSPS) is 14.4. The summed E-state index contributed by atoms with van der Waals surface area (Å²) in [6.07, 6.45) is 7.42. The van der Waals surface area contributed by atoms with Crippen LogP contribution in [0.4, 0.5) is 0 Å². The van der Waals surface area contributed by atoms with Crippen LogP contribution in [0.5, 0.6) is 0 Å². The van der Waals surface area contributed by atoms with E-state index in [1.807, 2.05) is 12.1 Å². The summed E-state index contributed by atoms with van der Waals surface area (Å²) in [5.74, 6) is 0.759. The molecule has 1 N–H and O–H groups in total. The summed E-state index contributed by atoms with van der Waals surface area (Å²) in [5, 5.41) is 7.78. The lowest BCUT2D eigenvalue weighted by Crippen LogP contribution is -2.34. The van der Waals surface area contributed by atoms with E-state index in [-0.39, 0.29) is 17.9 Å². The summed E-state index contributed by atoms with van der Waals surface area (Å²) in [5.41, 5.74) is 1.94. The molecule has 1 aliphatic rings. The van der Waals surface area contributed by atoms with Gasteiger partial charge in [-0.05, 0) is 61.4 Å². The van der Waals surface area contributed by atoms with Crippen molar-refractivity contribution in [3.63, 3.8) is 0 Å². The number of hydrogen-bond acceptors (Lipinski definition) is 5. The van der Waals surface area contributed by atoms with Crippen molar-refractivity contribution in [2.24, 2.45) is 0 Å². The van der Waals surface area contributed by atoms with Gasteiger partial charge < -0.3 is 14.7 Å². The lowest BCUT2D eigenvalue weighted by atomic mass is 10.1. The summed E-state index contributed by atoms with van der Waals surface area (Å²) in [4.78, 5) is 31.2. The summed E-state index contributed by atoms with van der Waals surface area (Å²) in [6.45, 7) is 0.445. The lowest BCUT2D eigenvalue weighted by Gasteiger charge is -2.16. The third-order valence-electron chi connectivity index (χ3n) is 6.16. The van der Waals surface area contributed by atoms with Crippen LogP contribution in [0.3, 0.4) is 0 Å². The number of halogens is 1. The first-order chi connectivity index (χ1) is 16.5. The smallest absolute Gasteiger partial charge is 0.257 e. The number of benzene rings is 2. The molecule has 34 heavy (non-hydrogen) atoms. The van der Waals surface area contributed by atoms with Crippen molar-refractivity contribution in [1.29, 1.82) is 0 Å². The molecule has 0 unspecified atom stereocenters. The fourth-order valence-electron chi connectivity index (χ4n) is 4.11. The first-order valence-corrected chi connectivity index (χ1v) is 12.1. The predicted octanol–water partition coefficient (Wildman–Crippen LogP) is 5.16. The van der Waals surface area contributed by atoms with Crippen molar-refractivity contribution < 1.29 is 14.1 Å². The van der Waals surface area contributed by atoms with E-state index in [0.29, 0.717) is 40.8 Å². The molecule has 178 valence electrons. The average Bonchev–Trinajstić information content (AvgIpc) is 3.19. The maximum Gasteiger partial charge on any atom is 0.257 e.